The van der Waals surface area contributed by atoms with Gasteiger partial charge in [-0.15, -0.1) is 0 Å². The molecule has 0 fully saturated rings. The SMILES string of the molecule is CC(C)n1c(O)c(-c2ccc(Br)cc2)c(=O)[nH]c1=O. The van der Waals surface area contributed by atoms with Gasteiger partial charge in [0.2, 0.25) is 5.88 Å². The fourth-order valence-electron chi connectivity index (χ4n) is 1.89. The molecule has 0 atom stereocenters. The van der Waals surface area contributed by atoms with Crippen LogP contribution in [0.5, 0.6) is 5.88 Å². The molecule has 2 N–H and O–H groups in total. The highest BCUT2D eigenvalue weighted by Gasteiger charge is 2.17. The van der Waals surface area contributed by atoms with Crippen molar-refractivity contribution in [2.45, 2.75) is 19.9 Å². The number of halogens is 1. The summed E-state index contributed by atoms with van der Waals surface area (Å²) < 4.78 is 2.02. The largest absolute Gasteiger partial charge is 0.494 e. The lowest BCUT2D eigenvalue weighted by atomic mass is 10.1. The smallest absolute Gasteiger partial charge is 0.331 e. The van der Waals surface area contributed by atoms with E-state index in [-0.39, 0.29) is 17.5 Å². The molecule has 0 bridgehead atoms. The number of aromatic nitrogens is 2. The summed E-state index contributed by atoms with van der Waals surface area (Å²) in [5, 5.41) is 10.2. The maximum absolute atomic E-state index is 11.9. The molecular formula is C13H13BrN2O3. The van der Waals surface area contributed by atoms with Crippen molar-refractivity contribution in [3.63, 3.8) is 0 Å². The Morgan fingerprint density at radius 1 is 1.21 bits per heavy atom. The topological polar surface area (TPSA) is 75.1 Å². The molecule has 0 saturated heterocycles. The van der Waals surface area contributed by atoms with Gasteiger partial charge in [-0.3, -0.25) is 14.3 Å². The fourth-order valence-corrected chi connectivity index (χ4v) is 2.16. The lowest BCUT2D eigenvalue weighted by Gasteiger charge is -2.14. The number of nitrogens with zero attached hydrogens (tertiary/aromatic N) is 1. The zero-order valence-corrected chi connectivity index (χ0v) is 12.1. The molecule has 0 spiro atoms. The first kappa shape index (κ1) is 13.6. The molecule has 6 heteroatoms. The van der Waals surface area contributed by atoms with Crippen molar-refractivity contribution in [1.29, 1.82) is 0 Å². The fraction of sp³-hybridized carbons (Fsp3) is 0.231. The number of nitrogens with one attached hydrogen (secondary N) is 1. The first-order valence-corrected chi connectivity index (χ1v) is 6.55. The number of hydrogen-bond acceptors (Lipinski definition) is 3. The molecule has 1 aromatic carbocycles. The molecular weight excluding hydrogens is 312 g/mol. The zero-order valence-electron chi connectivity index (χ0n) is 10.5. The predicted molar refractivity (Wildman–Crippen MR) is 76.5 cm³/mol. The van der Waals surface area contributed by atoms with E-state index in [0.717, 1.165) is 9.04 Å². The van der Waals surface area contributed by atoms with Crippen LogP contribution in [0.1, 0.15) is 19.9 Å². The van der Waals surface area contributed by atoms with Crippen molar-refractivity contribution >= 4 is 15.9 Å². The number of benzene rings is 1. The van der Waals surface area contributed by atoms with Crippen LogP contribution in [-0.2, 0) is 0 Å². The van der Waals surface area contributed by atoms with E-state index in [4.69, 9.17) is 0 Å². The van der Waals surface area contributed by atoms with Crippen LogP contribution in [0.3, 0.4) is 0 Å². The summed E-state index contributed by atoms with van der Waals surface area (Å²) in [4.78, 5) is 25.8. The van der Waals surface area contributed by atoms with Crippen molar-refractivity contribution in [2.24, 2.45) is 0 Å². The van der Waals surface area contributed by atoms with Gasteiger partial charge < -0.3 is 5.11 Å². The Morgan fingerprint density at radius 2 is 1.79 bits per heavy atom. The Balaban J connectivity index is 2.77. The van der Waals surface area contributed by atoms with Gasteiger partial charge in [-0.25, -0.2) is 4.79 Å². The normalized spacial score (nSPS) is 10.9. The summed E-state index contributed by atoms with van der Waals surface area (Å²) in [6.07, 6.45) is 0. The summed E-state index contributed by atoms with van der Waals surface area (Å²) in [5.41, 5.74) is -0.558. The second-order valence-corrected chi connectivity index (χ2v) is 5.34. The molecule has 19 heavy (non-hydrogen) atoms. The highest BCUT2D eigenvalue weighted by molar-refractivity contribution is 9.10. The second kappa shape index (κ2) is 5.05. The van der Waals surface area contributed by atoms with Crippen molar-refractivity contribution in [3.8, 4) is 17.0 Å². The van der Waals surface area contributed by atoms with Crippen molar-refractivity contribution < 1.29 is 5.11 Å². The summed E-state index contributed by atoms with van der Waals surface area (Å²) in [6, 6.07) is 6.67. The molecule has 0 amide bonds. The quantitative estimate of drug-likeness (QED) is 0.889. The van der Waals surface area contributed by atoms with E-state index in [0.29, 0.717) is 5.56 Å². The molecule has 2 aromatic rings. The van der Waals surface area contributed by atoms with Gasteiger partial charge in [-0.05, 0) is 31.5 Å². The van der Waals surface area contributed by atoms with Crippen molar-refractivity contribution in [2.75, 3.05) is 0 Å². The van der Waals surface area contributed by atoms with Gasteiger partial charge in [0.25, 0.3) is 5.56 Å². The molecule has 0 unspecified atom stereocenters. The van der Waals surface area contributed by atoms with E-state index in [1.807, 2.05) is 0 Å². The third kappa shape index (κ3) is 2.49. The van der Waals surface area contributed by atoms with Gasteiger partial charge >= 0.3 is 5.69 Å². The summed E-state index contributed by atoms with van der Waals surface area (Å²) in [7, 11) is 0. The zero-order chi connectivity index (χ0) is 14.2. The van der Waals surface area contributed by atoms with Crippen LogP contribution in [0.2, 0.25) is 0 Å². The average Bonchev–Trinajstić information content (AvgIpc) is 2.30. The van der Waals surface area contributed by atoms with E-state index in [1.54, 1.807) is 38.1 Å². The molecule has 0 radical (unpaired) electrons. The summed E-state index contributed by atoms with van der Waals surface area (Å²) in [5.74, 6) is -0.314. The number of aromatic amines is 1. The van der Waals surface area contributed by atoms with Crippen molar-refractivity contribution in [1.82, 2.24) is 9.55 Å². The first-order chi connectivity index (χ1) is 8.91. The Bertz CT molecular complexity index is 714. The van der Waals surface area contributed by atoms with E-state index < -0.39 is 11.2 Å². The molecule has 0 saturated carbocycles. The first-order valence-electron chi connectivity index (χ1n) is 5.75. The van der Waals surface area contributed by atoms with Gasteiger partial charge in [0.05, 0.1) is 0 Å². The highest BCUT2D eigenvalue weighted by atomic mass is 79.9. The van der Waals surface area contributed by atoms with Crippen LogP contribution >= 0.6 is 15.9 Å². The monoisotopic (exact) mass is 324 g/mol. The van der Waals surface area contributed by atoms with Crippen molar-refractivity contribution in [3.05, 3.63) is 49.6 Å². The Hall–Kier alpha value is -1.82. The van der Waals surface area contributed by atoms with Crippen LogP contribution in [0.4, 0.5) is 0 Å². The van der Waals surface area contributed by atoms with Gasteiger partial charge in [-0.2, -0.15) is 0 Å². The molecule has 5 nitrogen and oxygen atoms in total. The highest BCUT2D eigenvalue weighted by Crippen LogP contribution is 2.26. The van der Waals surface area contributed by atoms with E-state index >= 15 is 0 Å². The third-order valence-electron chi connectivity index (χ3n) is 2.77. The summed E-state index contributed by atoms with van der Waals surface area (Å²) >= 11 is 3.30. The molecule has 1 heterocycles. The second-order valence-electron chi connectivity index (χ2n) is 4.43. The number of rotatable bonds is 2. The van der Waals surface area contributed by atoms with Crippen LogP contribution < -0.4 is 11.2 Å². The van der Waals surface area contributed by atoms with Crippen LogP contribution in [-0.4, -0.2) is 14.7 Å². The minimum atomic E-state index is -0.613. The minimum Gasteiger partial charge on any atom is -0.494 e. The Kier molecular flexibility index (Phi) is 3.61. The number of H-pyrrole nitrogens is 1. The maximum atomic E-state index is 11.9. The van der Waals surface area contributed by atoms with E-state index in [2.05, 4.69) is 20.9 Å². The third-order valence-corrected chi connectivity index (χ3v) is 3.30. The van der Waals surface area contributed by atoms with Gasteiger partial charge in [0.1, 0.15) is 5.56 Å². The van der Waals surface area contributed by atoms with E-state index in [1.165, 1.54) is 0 Å². The molecule has 2 rings (SSSR count). The summed E-state index contributed by atoms with van der Waals surface area (Å²) in [6.45, 7) is 3.51. The van der Waals surface area contributed by atoms with Gasteiger partial charge in [0, 0.05) is 10.5 Å². The molecule has 1 aromatic heterocycles. The van der Waals surface area contributed by atoms with Crippen LogP contribution in [0.15, 0.2) is 38.3 Å². The average molecular weight is 325 g/mol. The van der Waals surface area contributed by atoms with Crippen LogP contribution in [0.25, 0.3) is 11.1 Å². The molecule has 0 aliphatic carbocycles. The maximum Gasteiger partial charge on any atom is 0.331 e. The molecule has 0 aliphatic rings. The standard InChI is InChI=1S/C13H13BrN2O3/c1-7(2)16-12(18)10(11(17)15-13(16)19)8-3-5-9(14)6-4-8/h3-7,18H,1-2H3,(H,15,17,19). The van der Waals surface area contributed by atoms with E-state index in [9.17, 15) is 14.7 Å². The van der Waals surface area contributed by atoms with Gasteiger partial charge in [0.15, 0.2) is 0 Å². The number of hydrogen-bond donors (Lipinski definition) is 2. The lowest BCUT2D eigenvalue weighted by molar-refractivity contribution is 0.384. The lowest BCUT2D eigenvalue weighted by Crippen LogP contribution is -2.31. The Labute approximate surface area is 117 Å². The molecule has 0 aliphatic heterocycles. The van der Waals surface area contributed by atoms with Gasteiger partial charge in [-0.1, -0.05) is 28.1 Å². The molecule has 100 valence electrons. The Morgan fingerprint density at radius 3 is 2.32 bits per heavy atom. The minimum absolute atomic E-state index is 0.0980. The van der Waals surface area contributed by atoms with Crippen LogP contribution in [0, 0.1) is 0 Å². The predicted octanol–water partition coefficient (Wildman–Crippen LogP) is 2.25. The number of aromatic hydroxyl groups is 1.